The van der Waals surface area contributed by atoms with Crippen molar-refractivity contribution in [3.63, 3.8) is 0 Å². The molecule has 0 aromatic carbocycles. The third kappa shape index (κ3) is 1.14. The van der Waals surface area contributed by atoms with Gasteiger partial charge in [0, 0.05) is 5.70 Å². The molecule has 0 aromatic rings. The molecule has 1 atom stereocenters. The van der Waals surface area contributed by atoms with Crippen molar-refractivity contribution in [3.8, 4) is 0 Å². The fourth-order valence-corrected chi connectivity index (χ4v) is 2.13. The Balaban J connectivity index is 2.43. The Morgan fingerprint density at radius 3 is 3.00 bits per heavy atom. The fraction of sp³-hybridized carbons (Fsp3) is 0.111. The van der Waals surface area contributed by atoms with Gasteiger partial charge >= 0.3 is 0 Å². The lowest BCUT2D eigenvalue weighted by atomic mass is 10.0. The van der Waals surface area contributed by atoms with Gasteiger partial charge in [-0.3, -0.25) is 0 Å². The Kier molecular flexibility index (Phi) is 1.62. The van der Waals surface area contributed by atoms with Crippen LogP contribution in [0.4, 0.5) is 0 Å². The maximum Gasteiger partial charge on any atom is 0.0541 e. The van der Waals surface area contributed by atoms with Crippen LogP contribution in [0.25, 0.3) is 0 Å². The van der Waals surface area contributed by atoms with Gasteiger partial charge in [-0.05, 0) is 17.1 Å². The molecule has 0 unspecified atom stereocenters. The van der Waals surface area contributed by atoms with Gasteiger partial charge in [-0.25, -0.2) is 0 Å². The lowest BCUT2D eigenvalue weighted by molar-refractivity contribution is 1.20. The van der Waals surface area contributed by atoms with Crippen molar-refractivity contribution in [2.75, 3.05) is 0 Å². The minimum absolute atomic E-state index is 0.449. The standard InChI is InChI=1S/C9H9NS/c10-8-5-6-11-9-4-2-1-3-7(8)9/h1-6,9H,10H2/t9-/m1/s1. The van der Waals surface area contributed by atoms with Gasteiger partial charge in [-0.1, -0.05) is 24.3 Å². The summed E-state index contributed by atoms with van der Waals surface area (Å²) in [5.74, 6) is 0. The van der Waals surface area contributed by atoms with E-state index >= 15 is 0 Å². The molecule has 0 spiro atoms. The van der Waals surface area contributed by atoms with Crippen LogP contribution in [0.2, 0.25) is 0 Å². The molecular formula is C9H9NS. The van der Waals surface area contributed by atoms with Crippen molar-refractivity contribution >= 4 is 11.8 Å². The number of hydrogen-bond donors (Lipinski definition) is 1. The maximum atomic E-state index is 5.78. The van der Waals surface area contributed by atoms with Crippen LogP contribution in [-0.4, -0.2) is 5.25 Å². The smallest absolute Gasteiger partial charge is 0.0541 e. The monoisotopic (exact) mass is 163 g/mol. The van der Waals surface area contributed by atoms with E-state index < -0.39 is 0 Å². The highest BCUT2D eigenvalue weighted by atomic mass is 32.2. The van der Waals surface area contributed by atoms with Gasteiger partial charge in [-0.2, -0.15) is 0 Å². The Bertz CT molecular complexity index is 284. The van der Waals surface area contributed by atoms with Crippen LogP contribution in [0.15, 0.2) is 47.1 Å². The zero-order chi connectivity index (χ0) is 7.68. The quantitative estimate of drug-likeness (QED) is 0.590. The van der Waals surface area contributed by atoms with E-state index in [-0.39, 0.29) is 0 Å². The number of hydrogen-bond acceptors (Lipinski definition) is 2. The molecule has 0 saturated heterocycles. The predicted molar refractivity (Wildman–Crippen MR) is 50.0 cm³/mol. The van der Waals surface area contributed by atoms with Crippen molar-refractivity contribution in [2.24, 2.45) is 5.73 Å². The molecule has 1 aliphatic carbocycles. The summed E-state index contributed by atoms with van der Waals surface area (Å²) in [6.45, 7) is 0. The lowest BCUT2D eigenvalue weighted by Crippen LogP contribution is -2.12. The van der Waals surface area contributed by atoms with E-state index in [4.69, 9.17) is 5.73 Å². The molecule has 2 heteroatoms. The average molecular weight is 163 g/mol. The molecule has 0 amide bonds. The molecule has 1 nitrogen and oxygen atoms in total. The van der Waals surface area contributed by atoms with E-state index in [0.29, 0.717) is 5.25 Å². The van der Waals surface area contributed by atoms with Crippen LogP contribution in [0.1, 0.15) is 0 Å². The molecule has 0 radical (unpaired) electrons. The third-order valence-electron chi connectivity index (χ3n) is 1.79. The highest BCUT2D eigenvalue weighted by Crippen LogP contribution is 2.30. The summed E-state index contributed by atoms with van der Waals surface area (Å²) in [7, 11) is 0. The van der Waals surface area contributed by atoms with Crippen LogP contribution in [0, 0.1) is 0 Å². The summed E-state index contributed by atoms with van der Waals surface area (Å²) in [4.78, 5) is 0. The first-order valence-corrected chi connectivity index (χ1v) is 4.49. The zero-order valence-electron chi connectivity index (χ0n) is 6.03. The lowest BCUT2D eigenvalue weighted by Gasteiger charge is -2.19. The highest BCUT2D eigenvalue weighted by Gasteiger charge is 2.15. The van der Waals surface area contributed by atoms with Gasteiger partial charge in [0.25, 0.3) is 0 Å². The molecule has 0 saturated carbocycles. The summed E-state index contributed by atoms with van der Waals surface area (Å²) < 4.78 is 0. The second kappa shape index (κ2) is 2.62. The van der Waals surface area contributed by atoms with E-state index in [9.17, 15) is 0 Å². The normalized spacial score (nSPS) is 27.5. The third-order valence-corrected chi connectivity index (χ3v) is 2.78. The Morgan fingerprint density at radius 1 is 1.27 bits per heavy atom. The molecule has 1 aliphatic heterocycles. The van der Waals surface area contributed by atoms with Crippen LogP contribution in [0.5, 0.6) is 0 Å². The van der Waals surface area contributed by atoms with Crippen LogP contribution < -0.4 is 5.73 Å². The minimum Gasteiger partial charge on any atom is -0.398 e. The van der Waals surface area contributed by atoms with Gasteiger partial charge in [0.2, 0.25) is 0 Å². The number of allylic oxidation sites excluding steroid dienone is 4. The molecule has 0 bridgehead atoms. The molecule has 0 fully saturated rings. The van der Waals surface area contributed by atoms with Gasteiger partial charge in [0.1, 0.15) is 0 Å². The molecule has 0 aromatic heterocycles. The van der Waals surface area contributed by atoms with Gasteiger partial charge in [0.05, 0.1) is 5.25 Å². The van der Waals surface area contributed by atoms with E-state index in [1.54, 1.807) is 11.8 Å². The summed E-state index contributed by atoms with van der Waals surface area (Å²) >= 11 is 1.79. The minimum atomic E-state index is 0.449. The van der Waals surface area contributed by atoms with Crippen LogP contribution >= 0.6 is 11.8 Å². The van der Waals surface area contributed by atoms with Crippen molar-refractivity contribution in [3.05, 3.63) is 47.1 Å². The van der Waals surface area contributed by atoms with E-state index in [2.05, 4.69) is 18.2 Å². The summed E-state index contributed by atoms with van der Waals surface area (Å²) in [5.41, 5.74) is 7.92. The molecular weight excluding hydrogens is 154 g/mol. The highest BCUT2D eigenvalue weighted by molar-refractivity contribution is 8.03. The maximum absolute atomic E-state index is 5.78. The Hall–Kier alpha value is -0.890. The number of nitrogens with two attached hydrogens (primary N) is 1. The molecule has 11 heavy (non-hydrogen) atoms. The molecule has 56 valence electrons. The van der Waals surface area contributed by atoms with Gasteiger partial charge in [-0.15, -0.1) is 11.8 Å². The van der Waals surface area contributed by atoms with Crippen LogP contribution in [-0.2, 0) is 0 Å². The van der Waals surface area contributed by atoms with Crippen molar-refractivity contribution in [2.45, 2.75) is 5.25 Å². The average Bonchev–Trinajstić information content (AvgIpc) is 2.06. The number of thioether (sulfide) groups is 1. The first kappa shape index (κ1) is 6.80. The first-order chi connectivity index (χ1) is 5.38. The van der Waals surface area contributed by atoms with E-state index in [1.165, 1.54) is 5.57 Å². The van der Waals surface area contributed by atoms with E-state index in [0.717, 1.165) is 5.70 Å². The Labute approximate surface area is 70.4 Å². The molecule has 2 N–H and O–H groups in total. The summed E-state index contributed by atoms with van der Waals surface area (Å²) in [5, 5.41) is 2.50. The van der Waals surface area contributed by atoms with Crippen molar-refractivity contribution in [1.82, 2.24) is 0 Å². The topological polar surface area (TPSA) is 26.0 Å². The van der Waals surface area contributed by atoms with Crippen molar-refractivity contribution < 1.29 is 0 Å². The second-order valence-corrected chi connectivity index (χ2v) is 3.57. The van der Waals surface area contributed by atoms with Gasteiger partial charge < -0.3 is 5.73 Å². The number of rotatable bonds is 0. The van der Waals surface area contributed by atoms with E-state index in [1.807, 2.05) is 17.6 Å². The van der Waals surface area contributed by atoms with Gasteiger partial charge in [0.15, 0.2) is 0 Å². The molecule has 2 rings (SSSR count). The molecule has 1 heterocycles. The largest absolute Gasteiger partial charge is 0.398 e. The summed E-state index contributed by atoms with van der Waals surface area (Å²) in [6.07, 6.45) is 10.3. The van der Waals surface area contributed by atoms with Crippen LogP contribution in [0.3, 0.4) is 0 Å². The SMILES string of the molecule is NC1=C2C=CC=C[C@H]2SC=C1. The zero-order valence-corrected chi connectivity index (χ0v) is 6.84. The Morgan fingerprint density at radius 2 is 2.18 bits per heavy atom. The predicted octanol–water partition coefficient (Wildman–Crippen LogP) is 1.95. The molecule has 2 aliphatic rings. The summed E-state index contributed by atoms with van der Waals surface area (Å²) in [6, 6.07) is 0. The number of fused-ring (bicyclic) bond motifs is 1. The first-order valence-electron chi connectivity index (χ1n) is 3.54. The fourth-order valence-electron chi connectivity index (χ4n) is 1.20. The van der Waals surface area contributed by atoms with Crippen molar-refractivity contribution in [1.29, 1.82) is 0 Å². The second-order valence-electron chi connectivity index (χ2n) is 2.51.